The molecular formula is C14H13F13O3. The third-order valence-corrected chi connectivity index (χ3v) is 3.63. The van der Waals surface area contributed by atoms with E-state index in [2.05, 4.69) is 4.74 Å². The van der Waals surface area contributed by atoms with Crippen LogP contribution in [0.5, 0.6) is 0 Å². The van der Waals surface area contributed by atoms with Crippen LogP contribution in [0, 0.1) is 0 Å². The summed E-state index contributed by atoms with van der Waals surface area (Å²) in [4.78, 5) is 22.1. The summed E-state index contributed by atoms with van der Waals surface area (Å²) in [5, 5.41) is 0. The molecule has 0 heterocycles. The number of hydrogen-bond acceptors (Lipinski definition) is 3. The molecule has 0 amide bonds. The van der Waals surface area contributed by atoms with E-state index in [1.165, 1.54) is 0 Å². The van der Waals surface area contributed by atoms with Crippen molar-refractivity contribution in [3.63, 3.8) is 0 Å². The zero-order chi connectivity index (χ0) is 24.4. The van der Waals surface area contributed by atoms with Crippen LogP contribution in [0.1, 0.15) is 39.0 Å². The summed E-state index contributed by atoms with van der Waals surface area (Å²) in [6.07, 6.45) is -7.22. The molecule has 0 bridgehead atoms. The number of carbonyl (C=O) groups is 2. The zero-order valence-corrected chi connectivity index (χ0v) is 14.7. The van der Waals surface area contributed by atoms with Gasteiger partial charge in [-0.05, 0) is 6.42 Å². The molecular weight excluding hydrogens is 463 g/mol. The van der Waals surface area contributed by atoms with E-state index in [0.717, 1.165) is 0 Å². The van der Waals surface area contributed by atoms with Gasteiger partial charge in [0.15, 0.2) is 0 Å². The van der Waals surface area contributed by atoms with Crippen LogP contribution in [0.15, 0.2) is 0 Å². The molecule has 0 unspecified atom stereocenters. The molecule has 0 aromatic rings. The van der Waals surface area contributed by atoms with Crippen LogP contribution >= 0.6 is 0 Å². The van der Waals surface area contributed by atoms with E-state index in [4.69, 9.17) is 0 Å². The summed E-state index contributed by atoms with van der Waals surface area (Å²) in [5.74, 6) is -44.9. The molecule has 0 saturated heterocycles. The number of carbonyl (C=O) groups excluding carboxylic acids is 2. The lowest BCUT2D eigenvalue weighted by atomic mass is 9.94. The Kier molecular flexibility index (Phi) is 8.25. The maximum absolute atomic E-state index is 13.4. The van der Waals surface area contributed by atoms with Gasteiger partial charge in [0.25, 0.3) is 0 Å². The SMILES string of the molecule is CCCCCCC(=O)OC(=O)C(F)(F)C(F)(F)C(F)(F)C(F)(F)C(F)(F)C(F)(F)F. The highest BCUT2D eigenvalue weighted by Gasteiger charge is 2.92. The van der Waals surface area contributed by atoms with Crippen molar-refractivity contribution in [3.8, 4) is 0 Å². The summed E-state index contributed by atoms with van der Waals surface area (Å²) in [6.45, 7) is 1.70. The Balaban J connectivity index is 5.79. The van der Waals surface area contributed by atoms with E-state index in [9.17, 15) is 66.7 Å². The predicted octanol–water partition coefficient (Wildman–Crippen LogP) is 5.77. The maximum atomic E-state index is 13.4. The minimum Gasteiger partial charge on any atom is -0.388 e. The standard InChI is InChI=1S/C14H13F13O3/c1-2-3-4-5-6-7(28)30-8(29)9(15,16)10(17,18)11(19,20)12(21,22)13(23,24)14(25,26)27/h2-6H2,1H3. The summed E-state index contributed by atoms with van der Waals surface area (Å²) >= 11 is 0. The molecule has 0 aliphatic carbocycles. The molecule has 0 N–H and O–H groups in total. The van der Waals surface area contributed by atoms with E-state index in [-0.39, 0.29) is 12.8 Å². The molecule has 16 heteroatoms. The first kappa shape index (κ1) is 28.2. The molecule has 30 heavy (non-hydrogen) atoms. The number of halogens is 13. The van der Waals surface area contributed by atoms with Crippen LogP contribution < -0.4 is 0 Å². The number of unbranched alkanes of at least 4 members (excludes halogenated alkanes) is 3. The van der Waals surface area contributed by atoms with Crippen LogP contribution in [0.25, 0.3) is 0 Å². The molecule has 0 aromatic heterocycles. The van der Waals surface area contributed by atoms with Crippen LogP contribution in [0.2, 0.25) is 0 Å². The van der Waals surface area contributed by atoms with Crippen molar-refractivity contribution in [2.45, 2.75) is 74.8 Å². The minimum atomic E-state index is -8.13. The van der Waals surface area contributed by atoms with E-state index in [0.29, 0.717) is 12.8 Å². The fourth-order valence-electron chi connectivity index (χ4n) is 1.81. The largest absolute Gasteiger partial charge is 0.460 e. The molecule has 0 fully saturated rings. The highest BCUT2D eigenvalue weighted by molar-refractivity contribution is 5.90. The molecule has 178 valence electrons. The van der Waals surface area contributed by atoms with Gasteiger partial charge in [0.05, 0.1) is 0 Å². The second-order valence-electron chi connectivity index (χ2n) is 5.94. The Morgan fingerprint density at radius 1 is 0.633 bits per heavy atom. The van der Waals surface area contributed by atoms with Crippen molar-refractivity contribution in [2.75, 3.05) is 0 Å². The Hall–Kier alpha value is -1.77. The molecule has 0 saturated carbocycles. The smallest absolute Gasteiger partial charge is 0.388 e. The van der Waals surface area contributed by atoms with Gasteiger partial charge in [0.1, 0.15) is 0 Å². The number of rotatable bonds is 10. The van der Waals surface area contributed by atoms with Crippen LogP contribution in [-0.2, 0) is 14.3 Å². The number of esters is 2. The fraction of sp³-hybridized carbons (Fsp3) is 0.857. The van der Waals surface area contributed by atoms with Crippen LogP contribution in [0.3, 0.4) is 0 Å². The molecule has 0 radical (unpaired) electrons. The van der Waals surface area contributed by atoms with Gasteiger partial charge in [-0.1, -0.05) is 26.2 Å². The topological polar surface area (TPSA) is 43.4 Å². The molecule has 0 aliphatic rings. The number of ether oxygens (including phenoxy) is 1. The Bertz CT molecular complexity index is 625. The Labute approximate surface area is 159 Å². The third-order valence-electron chi connectivity index (χ3n) is 3.63. The van der Waals surface area contributed by atoms with Crippen molar-refractivity contribution in [1.29, 1.82) is 0 Å². The van der Waals surface area contributed by atoms with Gasteiger partial charge < -0.3 is 4.74 Å². The zero-order valence-electron chi connectivity index (χ0n) is 14.7. The van der Waals surface area contributed by atoms with Crippen LogP contribution in [0.4, 0.5) is 57.1 Å². The van der Waals surface area contributed by atoms with Gasteiger partial charge in [-0.3, -0.25) is 4.79 Å². The highest BCUT2D eigenvalue weighted by Crippen LogP contribution is 2.60. The van der Waals surface area contributed by atoms with E-state index in [1.807, 2.05) is 0 Å². The Morgan fingerprint density at radius 2 is 1.07 bits per heavy atom. The summed E-state index contributed by atoms with van der Waals surface area (Å²) in [6, 6.07) is 0. The van der Waals surface area contributed by atoms with Crippen molar-refractivity contribution in [2.24, 2.45) is 0 Å². The predicted molar refractivity (Wildman–Crippen MR) is 70.6 cm³/mol. The minimum absolute atomic E-state index is 0.145. The number of alkyl halides is 13. The molecule has 0 aliphatic heterocycles. The normalized spacial score (nSPS) is 14.6. The summed E-state index contributed by atoms with van der Waals surface area (Å²) < 4.78 is 170. The first-order valence-corrected chi connectivity index (χ1v) is 7.83. The average molecular weight is 476 g/mol. The molecule has 0 atom stereocenters. The van der Waals surface area contributed by atoms with Gasteiger partial charge in [-0.15, -0.1) is 0 Å². The lowest BCUT2D eigenvalue weighted by Crippen LogP contribution is -2.71. The third kappa shape index (κ3) is 4.76. The maximum Gasteiger partial charge on any atom is 0.460 e. The lowest BCUT2D eigenvalue weighted by Gasteiger charge is -2.38. The van der Waals surface area contributed by atoms with Crippen molar-refractivity contribution in [3.05, 3.63) is 0 Å². The average Bonchev–Trinajstić information content (AvgIpc) is 2.56. The summed E-state index contributed by atoms with van der Waals surface area (Å²) in [5.41, 5.74) is 0. The fourth-order valence-corrected chi connectivity index (χ4v) is 1.81. The Morgan fingerprint density at radius 3 is 1.47 bits per heavy atom. The second-order valence-corrected chi connectivity index (χ2v) is 5.94. The second kappa shape index (κ2) is 8.77. The lowest BCUT2D eigenvalue weighted by molar-refractivity contribution is -0.436. The first-order chi connectivity index (χ1) is 13.1. The van der Waals surface area contributed by atoms with E-state index < -0.39 is 54.1 Å². The van der Waals surface area contributed by atoms with E-state index in [1.54, 1.807) is 6.92 Å². The van der Waals surface area contributed by atoms with Crippen molar-refractivity contribution in [1.82, 2.24) is 0 Å². The van der Waals surface area contributed by atoms with Gasteiger partial charge in [0, 0.05) is 6.42 Å². The van der Waals surface area contributed by atoms with Gasteiger partial charge in [-0.2, -0.15) is 57.1 Å². The highest BCUT2D eigenvalue weighted by atomic mass is 19.4. The number of hydrogen-bond donors (Lipinski definition) is 0. The molecule has 0 spiro atoms. The van der Waals surface area contributed by atoms with E-state index >= 15 is 0 Å². The van der Waals surface area contributed by atoms with Gasteiger partial charge in [-0.25, -0.2) is 4.79 Å². The van der Waals surface area contributed by atoms with Crippen LogP contribution in [-0.4, -0.2) is 47.7 Å². The summed E-state index contributed by atoms with van der Waals surface area (Å²) in [7, 11) is 0. The van der Waals surface area contributed by atoms with Crippen molar-refractivity contribution < 1.29 is 71.4 Å². The monoisotopic (exact) mass is 476 g/mol. The molecule has 0 rings (SSSR count). The molecule has 0 aromatic carbocycles. The van der Waals surface area contributed by atoms with Gasteiger partial charge in [0.2, 0.25) is 0 Å². The molecule has 3 nitrogen and oxygen atoms in total. The van der Waals surface area contributed by atoms with Crippen molar-refractivity contribution >= 4 is 11.9 Å². The van der Waals surface area contributed by atoms with Gasteiger partial charge >= 0.3 is 47.7 Å². The quantitative estimate of drug-likeness (QED) is 0.174. The first-order valence-electron chi connectivity index (χ1n) is 7.83.